The Kier molecular flexibility index (Phi) is 9.01. The van der Waals surface area contributed by atoms with Gasteiger partial charge < -0.3 is 20.4 Å². The SMILES string of the molecule is CCCCCCCCCCCCP1(=O)OC2[C@@H](O1)[C@H](O)[C@@H](O)[C@H](O)[C@H]2O. The minimum atomic E-state index is -3.42. The van der Waals surface area contributed by atoms with E-state index in [1.807, 2.05) is 0 Å². The third-order valence-electron chi connectivity index (χ3n) is 5.40. The van der Waals surface area contributed by atoms with Crippen LogP contribution in [0.15, 0.2) is 0 Å². The Labute approximate surface area is 156 Å². The van der Waals surface area contributed by atoms with Gasteiger partial charge in [-0.15, -0.1) is 0 Å². The Morgan fingerprint density at radius 2 is 1.04 bits per heavy atom. The summed E-state index contributed by atoms with van der Waals surface area (Å²) in [5.74, 6) is 0. The number of hydrogen-bond donors (Lipinski definition) is 4. The Morgan fingerprint density at radius 1 is 0.654 bits per heavy atom. The van der Waals surface area contributed by atoms with Crippen LogP contribution in [-0.4, -0.2) is 63.2 Å². The number of unbranched alkanes of at least 4 members (excludes halogenated alkanes) is 9. The molecule has 2 unspecified atom stereocenters. The van der Waals surface area contributed by atoms with Crippen LogP contribution in [0.2, 0.25) is 0 Å². The van der Waals surface area contributed by atoms with Gasteiger partial charge in [0.1, 0.15) is 36.6 Å². The maximum absolute atomic E-state index is 12.7. The molecule has 154 valence electrons. The molecule has 26 heavy (non-hydrogen) atoms. The maximum atomic E-state index is 12.7. The van der Waals surface area contributed by atoms with Crippen LogP contribution < -0.4 is 0 Å². The minimum absolute atomic E-state index is 0.224. The summed E-state index contributed by atoms with van der Waals surface area (Å²) in [4.78, 5) is 0. The highest BCUT2D eigenvalue weighted by molar-refractivity contribution is 7.54. The third-order valence-corrected chi connectivity index (χ3v) is 7.39. The van der Waals surface area contributed by atoms with E-state index in [2.05, 4.69) is 6.92 Å². The van der Waals surface area contributed by atoms with Crippen molar-refractivity contribution in [1.82, 2.24) is 0 Å². The van der Waals surface area contributed by atoms with E-state index in [1.54, 1.807) is 0 Å². The summed E-state index contributed by atoms with van der Waals surface area (Å²) in [6, 6.07) is 0. The number of rotatable bonds is 11. The van der Waals surface area contributed by atoms with Crippen molar-refractivity contribution in [2.75, 3.05) is 6.16 Å². The van der Waals surface area contributed by atoms with E-state index in [0.717, 1.165) is 12.8 Å². The van der Waals surface area contributed by atoms with Crippen LogP contribution in [0, 0.1) is 0 Å². The Balaban J connectivity index is 1.64. The number of hydrogen-bond acceptors (Lipinski definition) is 7. The van der Waals surface area contributed by atoms with E-state index in [0.29, 0.717) is 6.42 Å². The summed E-state index contributed by atoms with van der Waals surface area (Å²) in [5.41, 5.74) is 0. The van der Waals surface area contributed by atoms with Gasteiger partial charge in [-0.05, 0) is 6.42 Å². The molecule has 1 saturated carbocycles. The lowest BCUT2D eigenvalue weighted by molar-refractivity contribution is -0.192. The molecule has 0 amide bonds. The molecule has 0 spiro atoms. The molecule has 2 fully saturated rings. The first-order valence-electron chi connectivity index (χ1n) is 10.1. The summed E-state index contributed by atoms with van der Waals surface area (Å²) in [7, 11) is -3.42. The Bertz CT molecular complexity index is 435. The highest BCUT2D eigenvalue weighted by Gasteiger charge is 2.58. The Morgan fingerprint density at radius 3 is 1.46 bits per heavy atom. The number of aliphatic hydroxyl groups excluding tert-OH is 4. The van der Waals surface area contributed by atoms with Crippen LogP contribution in [-0.2, 0) is 13.6 Å². The van der Waals surface area contributed by atoms with Crippen LogP contribution in [0.1, 0.15) is 71.1 Å². The van der Waals surface area contributed by atoms with Crippen molar-refractivity contribution in [2.45, 2.75) is 108 Å². The molecular formula is C18H35O7P. The van der Waals surface area contributed by atoms with Crippen LogP contribution >= 0.6 is 7.60 Å². The molecule has 0 radical (unpaired) electrons. The first-order valence-corrected chi connectivity index (χ1v) is 11.8. The van der Waals surface area contributed by atoms with Crippen molar-refractivity contribution in [3.63, 3.8) is 0 Å². The smallest absolute Gasteiger partial charge is 0.331 e. The van der Waals surface area contributed by atoms with Crippen molar-refractivity contribution in [3.8, 4) is 0 Å². The van der Waals surface area contributed by atoms with Crippen LogP contribution in [0.5, 0.6) is 0 Å². The molecule has 1 saturated heterocycles. The van der Waals surface area contributed by atoms with E-state index < -0.39 is 44.2 Å². The molecular weight excluding hydrogens is 359 g/mol. The molecule has 1 aliphatic heterocycles. The first kappa shape index (κ1) is 22.3. The summed E-state index contributed by atoms with van der Waals surface area (Å²) in [5, 5.41) is 39.4. The molecule has 2 aliphatic rings. The Hall–Kier alpha value is -0.0100. The van der Waals surface area contributed by atoms with Gasteiger partial charge in [0.25, 0.3) is 0 Å². The van der Waals surface area contributed by atoms with Crippen molar-refractivity contribution < 1.29 is 34.0 Å². The summed E-state index contributed by atoms with van der Waals surface area (Å²) in [6.07, 6.45) is 3.68. The maximum Gasteiger partial charge on any atom is 0.331 e. The molecule has 2 rings (SSSR count). The van der Waals surface area contributed by atoms with Gasteiger partial charge in [0.15, 0.2) is 0 Å². The molecule has 1 aliphatic carbocycles. The fourth-order valence-corrected chi connectivity index (χ4v) is 5.82. The van der Waals surface area contributed by atoms with Gasteiger partial charge in [-0.1, -0.05) is 64.7 Å². The van der Waals surface area contributed by atoms with Gasteiger partial charge >= 0.3 is 7.60 Å². The van der Waals surface area contributed by atoms with Crippen LogP contribution in [0.4, 0.5) is 0 Å². The second-order valence-corrected chi connectivity index (χ2v) is 9.71. The van der Waals surface area contributed by atoms with Gasteiger partial charge in [0.2, 0.25) is 0 Å². The molecule has 7 atom stereocenters. The highest BCUT2D eigenvalue weighted by atomic mass is 31.2. The summed E-state index contributed by atoms with van der Waals surface area (Å²) < 4.78 is 23.5. The lowest BCUT2D eigenvalue weighted by atomic mass is 9.85. The van der Waals surface area contributed by atoms with Gasteiger partial charge in [0, 0.05) is 0 Å². The molecule has 1 heterocycles. The fraction of sp³-hybridized carbons (Fsp3) is 1.00. The molecule has 8 heteroatoms. The van der Waals surface area contributed by atoms with Gasteiger partial charge in [-0.3, -0.25) is 13.6 Å². The highest BCUT2D eigenvalue weighted by Crippen LogP contribution is 2.59. The molecule has 0 aromatic rings. The van der Waals surface area contributed by atoms with Crippen molar-refractivity contribution in [1.29, 1.82) is 0 Å². The monoisotopic (exact) mass is 394 g/mol. The van der Waals surface area contributed by atoms with E-state index in [9.17, 15) is 25.0 Å². The topological polar surface area (TPSA) is 116 Å². The van der Waals surface area contributed by atoms with Gasteiger partial charge in [-0.2, -0.15) is 0 Å². The lowest BCUT2D eigenvalue weighted by Gasteiger charge is -2.38. The average Bonchev–Trinajstić information content (AvgIpc) is 2.98. The van der Waals surface area contributed by atoms with Gasteiger partial charge in [0.05, 0.1) is 6.16 Å². The first-order chi connectivity index (χ1) is 12.4. The van der Waals surface area contributed by atoms with Crippen LogP contribution in [0.25, 0.3) is 0 Å². The number of aliphatic hydroxyl groups is 4. The average molecular weight is 394 g/mol. The van der Waals surface area contributed by atoms with E-state index in [-0.39, 0.29) is 6.16 Å². The zero-order chi connectivity index (χ0) is 19.2. The van der Waals surface area contributed by atoms with Crippen LogP contribution in [0.3, 0.4) is 0 Å². The predicted molar refractivity (Wildman–Crippen MR) is 98.1 cm³/mol. The predicted octanol–water partition coefficient (Wildman–Crippen LogP) is 2.34. The summed E-state index contributed by atoms with van der Waals surface area (Å²) >= 11 is 0. The second-order valence-electron chi connectivity index (χ2n) is 7.62. The van der Waals surface area contributed by atoms with Crippen molar-refractivity contribution in [2.24, 2.45) is 0 Å². The fourth-order valence-electron chi connectivity index (χ4n) is 3.72. The molecule has 0 bridgehead atoms. The standard InChI is InChI=1S/C18H35O7P/c1-2-3-4-5-6-7-8-9-10-11-12-26(23)24-17-15(21)13(19)14(20)16(22)18(17)25-26/h13-22H,2-12H2,1H3/t13-,14-,15+,16+,17-,18?,26?/m0/s1. The van der Waals surface area contributed by atoms with E-state index >= 15 is 0 Å². The minimum Gasteiger partial charge on any atom is -0.387 e. The summed E-state index contributed by atoms with van der Waals surface area (Å²) in [6.45, 7) is 2.21. The lowest BCUT2D eigenvalue weighted by Crippen LogP contribution is -2.62. The van der Waals surface area contributed by atoms with Crippen molar-refractivity contribution >= 4 is 7.60 Å². The zero-order valence-electron chi connectivity index (χ0n) is 15.7. The third kappa shape index (κ3) is 5.74. The second kappa shape index (κ2) is 10.5. The van der Waals surface area contributed by atoms with E-state index in [1.165, 1.54) is 44.9 Å². The largest absolute Gasteiger partial charge is 0.387 e. The molecule has 0 aromatic carbocycles. The molecule has 0 aromatic heterocycles. The molecule has 7 nitrogen and oxygen atoms in total. The van der Waals surface area contributed by atoms with Gasteiger partial charge in [-0.25, -0.2) is 0 Å². The van der Waals surface area contributed by atoms with E-state index in [4.69, 9.17) is 9.05 Å². The van der Waals surface area contributed by atoms with Crippen molar-refractivity contribution in [3.05, 3.63) is 0 Å². The zero-order valence-corrected chi connectivity index (χ0v) is 16.6. The quantitative estimate of drug-likeness (QED) is 0.314. The molecule has 4 N–H and O–H groups in total. The number of fused-ring (bicyclic) bond motifs is 1. The normalized spacial score (nSPS) is 39.9.